The number of fused-ring (bicyclic) bond motifs is 1. The topological polar surface area (TPSA) is 38.1 Å². The molecule has 3 heteroatoms. The van der Waals surface area contributed by atoms with Crippen LogP contribution in [0, 0.1) is 0 Å². The lowest BCUT2D eigenvalue weighted by Crippen LogP contribution is -2.10. The van der Waals surface area contributed by atoms with Crippen molar-refractivity contribution < 1.29 is 4.42 Å². The second-order valence-corrected chi connectivity index (χ2v) is 4.81. The number of benzene rings is 1. The van der Waals surface area contributed by atoms with E-state index in [1.807, 2.05) is 30.5 Å². The molecule has 0 atom stereocenters. The summed E-state index contributed by atoms with van der Waals surface area (Å²) in [5, 5.41) is 4.46. The summed E-state index contributed by atoms with van der Waals surface area (Å²) in [5.74, 6) is 1.98. The molecular formula is C17H18N2O. The Balaban J connectivity index is 1.84. The molecule has 3 aromatic rings. The molecule has 3 rings (SSSR count). The molecule has 0 bridgehead atoms. The molecule has 1 N–H and O–H groups in total. The van der Waals surface area contributed by atoms with Gasteiger partial charge in [0.1, 0.15) is 11.5 Å². The average molecular weight is 266 g/mol. The smallest absolute Gasteiger partial charge is 0.117 e. The van der Waals surface area contributed by atoms with E-state index in [0.29, 0.717) is 0 Å². The molecule has 0 amide bonds. The van der Waals surface area contributed by atoms with Crippen molar-refractivity contribution in [3.8, 4) is 0 Å². The number of pyridine rings is 1. The first-order chi connectivity index (χ1) is 9.86. The number of nitrogens with one attached hydrogen (secondary N) is 1. The summed E-state index contributed by atoms with van der Waals surface area (Å²) < 4.78 is 5.86. The van der Waals surface area contributed by atoms with Gasteiger partial charge < -0.3 is 9.73 Å². The van der Waals surface area contributed by atoms with Gasteiger partial charge in [0.15, 0.2) is 0 Å². The first kappa shape index (κ1) is 12.9. The van der Waals surface area contributed by atoms with Crippen molar-refractivity contribution in [3.05, 3.63) is 65.7 Å². The maximum absolute atomic E-state index is 5.86. The molecular weight excluding hydrogens is 248 g/mol. The van der Waals surface area contributed by atoms with E-state index in [9.17, 15) is 0 Å². The maximum atomic E-state index is 5.86. The van der Waals surface area contributed by atoms with E-state index in [2.05, 4.69) is 35.4 Å². The van der Waals surface area contributed by atoms with E-state index in [0.717, 1.165) is 36.5 Å². The van der Waals surface area contributed by atoms with Crippen LogP contribution in [0.3, 0.4) is 0 Å². The van der Waals surface area contributed by atoms with Crippen LogP contribution in [0.1, 0.15) is 24.0 Å². The monoisotopic (exact) mass is 266 g/mol. The van der Waals surface area contributed by atoms with Crippen molar-refractivity contribution in [3.63, 3.8) is 0 Å². The van der Waals surface area contributed by atoms with Crippen LogP contribution in [0.2, 0.25) is 0 Å². The van der Waals surface area contributed by atoms with E-state index in [4.69, 9.17) is 4.42 Å². The predicted octanol–water partition coefficient (Wildman–Crippen LogP) is 3.53. The summed E-state index contributed by atoms with van der Waals surface area (Å²) >= 11 is 0. The van der Waals surface area contributed by atoms with Crippen LogP contribution < -0.4 is 5.32 Å². The van der Waals surface area contributed by atoms with Gasteiger partial charge in [0.25, 0.3) is 0 Å². The molecule has 0 aliphatic rings. The Labute approximate surface area is 118 Å². The molecule has 0 spiro atoms. The largest absolute Gasteiger partial charge is 0.464 e. The summed E-state index contributed by atoms with van der Waals surface area (Å²) in [6.45, 7) is 3.82. The summed E-state index contributed by atoms with van der Waals surface area (Å²) in [5.41, 5.74) is 2.28. The quantitative estimate of drug-likeness (QED) is 0.767. The molecule has 0 saturated carbocycles. The molecule has 0 aliphatic carbocycles. The fourth-order valence-corrected chi connectivity index (χ4v) is 2.36. The van der Waals surface area contributed by atoms with Crippen LogP contribution in [0.15, 0.2) is 53.1 Å². The van der Waals surface area contributed by atoms with Crippen molar-refractivity contribution in [2.75, 3.05) is 6.54 Å². The first-order valence-corrected chi connectivity index (χ1v) is 6.97. The maximum Gasteiger partial charge on any atom is 0.117 e. The van der Waals surface area contributed by atoms with Gasteiger partial charge in [0.05, 0.1) is 12.1 Å². The normalized spacial score (nSPS) is 11.1. The number of furan rings is 1. The molecule has 0 unspecified atom stereocenters. The molecule has 2 heterocycles. The number of para-hydroxylation sites is 1. The lowest BCUT2D eigenvalue weighted by molar-refractivity contribution is 0.457. The summed E-state index contributed by atoms with van der Waals surface area (Å²) in [6.07, 6.45) is 2.66. The van der Waals surface area contributed by atoms with Gasteiger partial charge in [-0.1, -0.05) is 25.1 Å². The third kappa shape index (κ3) is 2.73. The van der Waals surface area contributed by atoms with Crippen LogP contribution in [0.5, 0.6) is 0 Å². The van der Waals surface area contributed by atoms with Gasteiger partial charge in [-0.25, -0.2) is 0 Å². The van der Waals surface area contributed by atoms with Crippen LogP contribution in [-0.2, 0) is 13.0 Å². The van der Waals surface area contributed by atoms with Gasteiger partial charge in [-0.2, -0.15) is 0 Å². The minimum Gasteiger partial charge on any atom is -0.464 e. The Morgan fingerprint density at radius 2 is 1.90 bits per heavy atom. The highest BCUT2D eigenvalue weighted by Gasteiger charge is 2.06. The molecule has 2 aromatic heterocycles. The average Bonchev–Trinajstić information content (AvgIpc) is 2.93. The summed E-state index contributed by atoms with van der Waals surface area (Å²) in [7, 11) is 0. The number of hydrogen-bond donors (Lipinski definition) is 1. The van der Waals surface area contributed by atoms with Crippen LogP contribution in [0.4, 0.5) is 0 Å². The Hall–Kier alpha value is -2.13. The second kappa shape index (κ2) is 5.88. The van der Waals surface area contributed by atoms with Gasteiger partial charge in [0, 0.05) is 18.0 Å². The van der Waals surface area contributed by atoms with E-state index in [1.165, 1.54) is 10.9 Å². The first-order valence-electron chi connectivity index (χ1n) is 6.97. The number of hydrogen-bond acceptors (Lipinski definition) is 3. The number of aromatic nitrogens is 1. The third-order valence-corrected chi connectivity index (χ3v) is 3.37. The minimum absolute atomic E-state index is 0.785. The lowest BCUT2D eigenvalue weighted by Gasteiger charge is -2.04. The summed E-state index contributed by atoms with van der Waals surface area (Å²) in [6, 6.07) is 14.4. The SMILES string of the molecule is CCNCc1ccc(Cc2ccnc3ccccc23)o1. The highest BCUT2D eigenvalue weighted by Crippen LogP contribution is 2.20. The Bertz CT molecular complexity index is 698. The molecule has 20 heavy (non-hydrogen) atoms. The van der Waals surface area contributed by atoms with Gasteiger partial charge in [-0.05, 0) is 36.4 Å². The van der Waals surface area contributed by atoms with Crippen LogP contribution in [-0.4, -0.2) is 11.5 Å². The van der Waals surface area contributed by atoms with Crippen LogP contribution in [0.25, 0.3) is 10.9 Å². The standard InChI is InChI=1S/C17H18N2O/c1-2-18-12-15-8-7-14(20-15)11-13-9-10-19-17-6-4-3-5-16(13)17/h3-10,18H,2,11-12H2,1H3. The van der Waals surface area contributed by atoms with Crippen LogP contribution >= 0.6 is 0 Å². The molecule has 102 valence electrons. The van der Waals surface area contributed by atoms with Gasteiger partial charge in [-0.15, -0.1) is 0 Å². The molecule has 0 aliphatic heterocycles. The van der Waals surface area contributed by atoms with Gasteiger partial charge in [-0.3, -0.25) is 4.98 Å². The fraction of sp³-hybridized carbons (Fsp3) is 0.235. The zero-order chi connectivity index (χ0) is 13.8. The van der Waals surface area contributed by atoms with E-state index in [-0.39, 0.29) is 0 Å². The van der Waals surface area contributed by atoms with E-state index < -0.39 is 0 Å². The number of nitrogens with zero attached hydrogens (tertiary/aromatic N) is 1. The van der Waals surface area contributed by atoms with Gasteiger partial charge in [0.2, 0.25) is 0 Å². The highest BCUT2D eigenvalue weighted by molar-refractivity contribution is 5.82. The minimum atomic E-state index is 0.785. The molecule has 0 saturated heterocycles. The number of rotatable bonds is 5. The second-order valence-electron chi connectivity index (χ2n) is 4.81. The van der Waals surface area contributed by atoms with Crippen molar-refractivity contribution in [1.29, 1.82) is 0 Å². The highest BCUT2D eigenvalue weighted by atomic mass is 16.3. The van der Waals surface area contributed by atoms with Crippen molar-refractivity contribution in [2.45, 2.75) is 19.9 Å². The third-order valence-electron chi connectivity index (χ3n) is 3.37. The summed E-state index contributed by atoms with van der Waals surface area (Å²) in [4.78, 5) is 4.39. The fourth-order valence-electron chi connectivity index (χ4n) is 2.36. The van der Waals surface area contributed by atoms with Crippen molar-refractivity contribution in [1.82, 2.24) is 10.3 Å². The lowest BCUT2D eigenvalue weighted by atomic mass is 10.1. The van der Waals surface area contributed by atoms with E-state index in [1.54, 1.807) is 0 Å². The Kier molecular flexibility index (Phi) is 3.79. The zero-order valence-electron chi connectivity index (χ0n) is 11.6. The Morgan fingerprint density at radius 1 is 1.05 bits per heavy atom. The van der Waals surface area contributed by atoms with Crippen molar-refractivity contribution in [2.24, 2.45) is 0 Å². The molecule has 1 aromatic carbocycles. The van der Waals surface area contributed by atoms with Gasteiger partial charge >= 0.3 is 0 Å². The molecule has 0 fully saturated rings. The molecule has 0 radical (unpaired) electrons. The zero-order valence-corrected chi connectivity index (χ0v) is 11.6. The molecule has 3 nitrogen and oxygen atoms in total. The van der Waals surface area contributed by atoms with Crippen molar-refractivity contribution >= 4 is 10.9 Å². The van der Waals surface area contributed by atoms with E-state index >= 15 is 0 Å². The Morgan fingerprint density at radius 3 is 2.80 bits per heavy atom. The predicted molar refractivity (Wildman–Crippen MR) is 80.6 cm³/mol.